The number of hydrogen-bond donors (Lipinski definition) is 1. The Balaban J connectivity index is 1.59. The van der Waals surface area contributed by atoms with Crippen LogP contribution in [0.1, 0.15) is 0 Å². The van der Waals surface area contributed by atoms with Crippen LogP contribution in [-0.4, -0.2) is 51.4 Å². The predicted octanol–water partition coefficient (Wildman–Crippen LogP) is 1.50. The molecule has 1 aromatic carbocycles. The monoisotopic (exact) mass is 321 g/mol. The number of fused-ring (bicyclic) bond motifs is 1. The Hall–Kier alpha value is -1.86. The molecule has 0 atom stereocenters. The zero-order valence-electron chi connectivity index (χ0n) is 12.7. The van der Waals surface area contributed by atoms with Gasteiger partial charge in [0.05, 0.1) is 29.9 Å². The number of carbonyl (C=O) groups is 1. The molecular weight excluding hydrogens is 302 g/mol. The van der Waals surface area contributed by atoms with Crippen LogP contribution in [0, 0.1) is 5.92 Å². The van der Waals surface area contributed by atoms with Gasteiger partial charge in [-0.25, -0.2) is 4.98 Å². The highest BCUT2D eigenvalue weighted by Gasteiger charge is 2.34. The quantitative estimate of drug-likeness (QED) is 0.817. The average Bonchev–Trinajstić information content (AvgIpc) is 2.88. The van der Waals surface area contributed by atoms with E-state index in [1.54, 1.807) is 25.6 Å². The zero-order valence-corrected chi connectivity index (χ0v) is 13.5. The third kappa shape index (κ3) is 3.00. The molecule has 2 aromatic rings. The maximum absolute atomic E-state index is 11.9. The molecular formula is C15H19N3O3S. The van der Waals surface area contributed by atoms with Crippen molar-refractivity contribution in [3.8, 4) is 5.75 Å². The van der Waals surface area contributed by atoms with E-state index in [1.807, 2.05) is 18.2 Å². The summed E-state index contributed by atoms with van der Waals surface area (Å²) in [5, 5.41) is 3.84. The third-order valence-corrected chi connectivity index (χ3v) is 4.79. The molecule has 3 rings (SSSR count). The van der Waals surface area contributed by atoms with Crippen molar-refractivity contribution in [3.05, 3.63) is 18.2 Å². The lowest BCUT2D eigenvalue weighted by Gasteiger charge is -2.37. The fraction of sp³-hybridized carbons (Fsp3) is 0.467. The van der Waals surface area contributed by atoms with Crippen LogP contribution in [0.4, 0.5) is 5.13 Å². The third-order valence-electron chi connectivity index (χ3n) is 3.71. The Morgan fingerprint density at radius 3 is 3.00 bits per heavy atom. The van der Waals surface area contributed by atoms with Gasteiger partial charge in [0.25, 0.3) is 0 Å². The summed E-state index contributed by atoms with van der Waals surface area (Å²) in [5.74, 6) is 0.969. The van der Waals surface area contributed by atoms with Gasteiger partial charge in [-0.1, -0.05) is 11.3 Å². The Bertz CT molecular complexity index is 667. The molecule has 2 heterocycles. The molecule has 0 aliphatic carbocycles. The number of amides is 1. The van der Waals surface area contributed by atoms with Crippen molar-refractivity contribution >= 4 is 32.6 Å². The predicted molar refractivity (Wildman–Crippen MR) is 86.8 cm³/mol. The first kappa shape index (κ1) is 15.1. The zero-order chi connectivity index (χ0) is 15.5. The molecule has 0 bridgehead atoms. The van der Waals surface area contributed by atoms with Crippen molar-refractivity contribution in [2.24, 2.45) is 5.92 Å². The van der Waals surface area contributed by atoms with Crippen LogP contribution in [-0.2, 0) is 9.53 Å². The van der Waals surface area contributed by atoms with Gasteiger partial charge in [0.2, 0.25) is 5.91 Å². The number of thiazole rings is 1. The smallest absolute Gasteiger partial charge is 0.226 e. The van der Waals surface area contributed by atoms with E-state index in [4.69, 9.17) is 9.47 Å². The number of aromatic nitrogens is 1. The van der Waals surface area contributed by atoms with Gasteiger partial charge in [-0.3, -0.25) is 4.79 Å². The molecule has 1 aliphatic heterocycles. The lowest BCUT2D eigenvalue weighted by atomic mass is 10.0. The summed E-state index contributed by atoms with van der Waals surface area (Å²) < 4.78 is 11.3. The van der Waals surface area contributed by atoms with Crippen molar-refractivity contribution in [3.63, 3.8) is 0 Å². The van der Waals surface area contributed by atoms with Crippen LogP contribution in [0.25, 0.3) is 10.2 Å². The van der Waals surface area contributed by atoms with E-state index in [1.165, 1.54) is 0 Å². The van der Waals surface area contributed by atoms with Gasteiger partial charge in [-0.2, -0.15) is 0 Å². The fourth-order valence-electron chi connectivity index (χ4n) is 2.38. The number of hydrogen-bond acceptors (Lipinski definition) is 6. The molecule has 1 N–H and O–H groups in total. The van der Waals surface area contributed by atoms with Crippen LogP contribution in [0.3, 0.4) is 0 Å². The van der Waals surface area contributed by atoms with E-state index in [0.29, 0.717) is 13.2 Å². The minimum Gasteiger partial charge on any atom is -0.497 e. The van der Waals surface area contributed by atoms with Gasteiger partial charge in [-0.15, -0.1) is 0 Å². The maximum Gasteiger partial charge on any atom is 0.226 e. The molecule has 1 fully saturated rings. The Labute approximate surface area is 133 Å². The number of methoxy groups -OCH3 is 2. The summed E-state index contributed by atoms with van der Waals surface area (Å²) in [6, 6.07) is 5.86. The lowest BCUT2D eigenvalue weighted by molar-refractivity contribution is -0.125. The molecule has 1 saturated heterocycles. The normalized spacial score (nSPS) is 14.9. The standard InChI is InChI=1S/C15H19N3O3S/c1-20-6-5-16-14(19)10-8-18(9-10)15-17-12-4-3-11(21-2)7-13(12)22-15/h3-4,7,10H,5-6,8-9H2,1-2H3,(H,16,19). The lowest BCUT2D eigenvalue weighted by Crippen LogP contribution is -2.54. The van der Waals surface area contributed by atoms with Gasteiger partial charge < -0.3 is 19.7 Å². The second-order valence-corrected chi connectivity index (χ2v) is 6.22. The summed E-state index contributed by atoms with van der Waals surface area (Å²) in [7, 11) is 3.28. The van der Waals surface area contributed by atoms with Crippen LogP contribution in [0.5, 0.6) is 5.75 Å². The van der Waals surface area contributed by atoms with Crippen LogP contribution < -0.4 is 15.0 Å². The van der Waals surface area contributed by atoms with Gasteiger partial charge >= 0.3 is 0 Å². The number of carbonyl (C=O) groups excluding carboxylic acids is 1. The van der Waals surface area contributed by atoms with Crippen molar-refractivity contribution in [1.82, 2.24) is 10.3 Å². The van der Waals surface area contributed by atoms with Crippen LogP contribution in [0.2, 0.25) is 0 Å². The van der Waals surface area contributed by atoms with E-state index < -0.39 is 0 Å². The van der Waals surface area contributed by atoms with E-state index in [-0.39, 0.29) is 11.8 Å². The second-order valence-electron chi connectivity index (χ2n) is 5.22. The average molecular weight is 321 g/mol. The summed E-state index contributed by atoms with van der Waals surface area (Å²) >= 11 is 1.63. The first-order valence-corrected chi connectivity index (χ1v) is 7.99. The molecule has 0 spiro atoms. The van der Waals surface area contributed by atoms with Gasteiger partial charge in [-0.05, 0) is 18.2 Å². The largest absolute Gasteiger partial charge is 0.497 e. The van der Waals surface area contributed by atoms with Crippen LogP contribution in [0.15, 0.2) is 18.2 Å². The number of ether oxygens (including phenoxy) is 2. The molecule has 1 aliphatic rings. The molecule has 1 aromatic heterocycles. The maximum atomic E-state index is 11.9. The summed E-state index contributed by atoms with van der Waals surface area (Å²) in [6.45, 7) is 2.54. The number of nitrogens with one attached hydrogen (secondary N) is 1. The van der Waals surface area contributed by atoms with E-state index in [9.17, 15) is 4.79 Å². The van der Waals surface area contributed by atoms with E-state index >= 15 is 0 Å². The van der Waals surface area contributed by atoms with E-state index in [0.717, 1.165) is 34.2 Å². The molecule has 0 unspecified atom stereocenters. The molecule has 1 amide bonds. The minimum absolute atomic E-state index is 0.0402. The molecule has 118 valence electrons. The van der Waals surface area contributed by atoms with Crippen LogP contribution >= 0.6 is 11.3 Å². The number of benzene rings is 1. The summed E-state index contributed by atoms with van der Waals surface area (Å²) in [5.41, 5.74) is 0.966. The first-order valence-electron chi connectivity index (χ1n) is 7.17. The topological polar surface area (TPSA) is 63.7 Å². The number of nitrogens with zero attached hydrogens (tertiary/aromatic N) is 2. The Kier molecular flexibility index (Phi) is 4.44. The Morgan fingerprint density at radius 2 is 2.27 bits per heavy atom. The fourth-order valence-corrected chi connectivity index (χ4v) is 3.39. The molecule has 7 heteroatoms. The minimum atomic E-state index is 0.0402. The van der Waals surface area contributed by atoms with Gasteiger partial charge in [0.1, 0.15) is 5.75 Å². The molecule has 0 saturated carbocycles. The van der Waals surface area contributed by atoms with Crippen molar-refractivity contribution in [2.45, 2.75) is 0 Å². The summed E-state index contributed by atoms with van der Waals surface area (Å²) in [4.78, 5) is 18.7. The molecule has 22 heavy (non-hydrogen) atoms. The van der Waals surface area contributed by atoms with Gasteiger partial charge in [0, 0.05) is 26.7 Å². The van der Waals surface area contributed by atoms with E-state index in [2.05, 4.69) is 15.2 Å². The van der Waals surface area contributed by atoms with Crippen molar-refractivity contribution < 1.29 is 14.3 Å². The van der Waals surface area contributed by atoms with Crippen molar-refractivity contribution in [1.29, 1.82) is 0 Å². The number of anilines is 1. The highest BCUT2D eigenvalue weighted by atomic mass is 32.1. The Morgan fingerprint density at radius 1 is 1.45 bits per heavy atom. The SMILES string of the molecule is COCCNC(=O)C1CN(c2nc3ccc(OC)cc3s2)C1. The summed E-state index contributed by atoms with van der Waals surface area (Å²) in [6.07, 6.45) is 0. The molecule has 6 nitrogen and oxygen atoms in total. The molecule has 0 radical (unpaired) electrons. The second kappa shape index (κ2) is 6.50. The van der Waals surface area contributed by atoms with Gasteiger partial charge in [0.15, 0.2) is 5.13 Å². The highest BCUT2D eigenvalue weighted by molar-refractivity contribution is 7.22. The highest BCUT2D eigenvalue weighted by Crippen LogP contribution is 2.34. The first-order chi connectivity index (χ1) is 10.7. The number of rotatable bonds is 6. The van der Waals surface area contributed by atoms with Crippen molar-refractivity contribution in [2.75, 3.05) is 45.4 Å².